The first kappa shape index (κ1) is 17.0. The number of hydrogen-bond donors (Lipinski definition) is 2. The molecule has 6 heteroatoms. The molecule has 0 saturated heterocycles. The number of carbonyl (C=O) groups is 1. The van der Waals surface area contributed by atoms with Gasteiger partial charge in [-0.15, -0.1) is 0 Å². The third-order valence-electron chi connectivity index (χ3n) is 3.70. The first-order chi connectivity index (χ1) is 10.9. The van der Waals surface area contributed by atoms with E-state index in [9.17, 15) is 9.90 Å². The molecule has 2 rings (SSSR count). The van der Waals surface area contributed by atoms with E-state index >= 15 is 0 Å². The van der Waals surface area contributed by atoms with E-state index in [4.69, 9.17) is 4.74 Å². The molecule has 1 unspecified atom stereocenters. The minimum atomic E-state index is -0.780. The lowest BCUT2D eigenvalue weighted by Crippen LogP contribution is -2.28. The molecular formula is C17H23N3O3. The van der Waals surface area contributed by atoms with Crippen molar-refractivity contribution in [2.75, 3.05) is 13.7 Å². The highest BCUT2D eigenvalue weighted by atomic mass is 16.5. The van der Waals surface area contributed by atoms with E-state index in [2.05, 4.69) is 10.4 Å². The minimum Gasteiger partial charge on any atom is -0.497 e. The van der Waals surface area contributed by atoms with Crippen molar-refractivity contribution < 1.29 is 14.6 Å². The van der Waals surface area contributed by atoms with Crippen molar-refractivity contribution in [1.29, 1.82) is 0 Å². The van der Waals surface area contributed by atoms with Crippen LogP contribution in [0.1, 0.15) is 47.6 Å². The van der Waals surface area contributed by atoms with Crippen molar-refractivity contribution >= 4 is 5.91 Å². The molecule has 1 aromatic carbocycles. The molecule has 0 aliphatic carbocycles. The lowest BCUT2D eigenvalue weighted by atomic mass is 10.1. The predicted molar refractivity (Wildman–Crippen MR) is 87.6 cm³/mol. The highest BCUT2D eigenvalue weighted by molar-refractivity contribution is 5.92. The van der Waals surface area contributed by atoms with Gasteiger partial charge < -0.3 is 15.2 Å². The van der Waals surface area contributed by atoms with Gasteiger partial charge in [0, 0.05) is 19.3 Å². The Morgan fingerprint density at radius 2 is 2.00 bits per heavy atom. The molecule has 1 amide bonds. The van der Waals surface area contributed by atoms with Crippen LogP contribution < -0.4 is 10.1 Å². The predicted octanol–water partition coefficient (Wildman–Crippen LogP) is 2.02. The van der Waals surface area contributed by atoms with Crippen LogP contribution in [0.5, 0.6) is 5.75 Å². The van der Waals surface area contributed by atoms with Crippen LogP contribution in [0.2, 0.25) is 0 Å². The molecule has 6 nitrogen and oxygen atoms in total. The average Bonchev–Trinajstić information content (AvgIpc) is 2.94. The fourth-order valence-electron chi connectivity index (χ4n) is 2.36. The van der Waals surface area contributed by atoms with Crippen molar-refractivity contribution in [1.82, 2.24) is 15.1 Å². The van der Waals surface area contributed by atoms with Crippen LogP contribution in [0, 0.1) is 0 Å². The van der Waals surface area contributed by atoms with Crippen molar-refractivity contribution in [3.8, 4) is 5.75 Å². The maximum absolute atomic E-state index is 12.2. The van der Waals surface area contributed by atoms with Crippen molar-refractivity contribution in [2.45, 2.75) is 25.9 Å². The summed E-state index contributed by atoms with van der Waals surface area (Å²) in [6.45, 7) is 4.22. The van der Waals surface area contributed by atoms with Crippen LogP contribution >= 0.6 is 0 Å². The molecule has 1 heterocycles. The van der Waals surface area contributed by atoms with Gasteiger partial charge in [-0.3, -0.25) is 9.48 Å². The maximum Gasteiger partial charge on any atom is 0.271 e. The Morgan fingerprint density at radius 3 is 2.52 bits per heavy atom. The van der Waals surface area contributed by atoms with Crippen LogP contribution in [0.25, 0.3) is 0 Å². The number of carbonyl (C=O) groups excluding carboxylic acids is 1. The third-order valence-corrected chi connectivity index (χ3v) is 3.70. The van der Waals surface area contributed by atoms with E-state index in [1.807, 2.05) is 20.9 Å². The molecule has 23 heavy (non-hydrogen) atoms. The molecule has 0 bridgehead atoms. The number of methoxy groups -OCH3 is 1. The Labute approximate surface area is 136 Å². The molecule has 2 N–H and O–H groups in total. The zero-order valence-electron chi connectivity index (χ0n) is 13.9. The minimum absolute atomic E-state index is 0.124. The van der Waals surface area contributed by atoms with Gasteiger partial charge in [-0.25, -0.2) is 0 Å². The topological polar surface area (TPSA) is 76.4 Å². The first-order valence-electron chi connectivity index (χ1n) is 7.56. The van der Waals surface area contributed by atoms with E-state index in [-0.39, 0.29) is 12.5 Å². The number of rotatable bonds is 6. The second-order valence-electron chi connectivity index (χ2n) is 5.73. The van der Waals surface area contributed by atoms with Crippen molar-refractivity contribution in [3.63, 3.8) is 0 Å². The van der Waals surface area contributed by atoms with Crippen molar-refractivity contribution in [3.05, 3.63) is 47.3 Å². The number of aryl methyl sites for hydroxylation is 1. The first-order valence-corrected chi connectivity index (χ1v) is 7.56. The van der Waals surface area contributed by atoms with E-state index in [0.717, 1.165) is 17.0 Å². The molecule has 0 fully saturated rings. The second kappa shape index (κ2) is 7.28. The van der Waals surface area contributed by atoms with Gasteiger partial charge in [0.15, 0.2) is 0 Å². The molecule has 1 atom stereocenters. The van der Waals surface area contributed by atoms with Gasteiger partial charge in [-0.1, -0.05) is 26.0 Å². The molecule has 0 aliphatic heterocycles. The fraction of sp³-hybridized carbons (Fsp3) is 0.412. The van der Waals surface area contributed by atoms with E-state index in [1.165, 1.54) is 0 Å². The SMILES string of the molecule is COc1ccc(C(O)CNC(=O)c2cc(C(C)C)n(C)n2)cc1. The molecule has 124 valence electrons. The molecule has 0 radical (unpaired) electrons. The Hall–Kier alpha value is -2.34. The summed E-state index contributed by atoms with van der Waals surface area (Å²) >= 11 is 0. The lowest BCUT2D eigenvalue weighted by molar-refractivity contribution is 0.0910. The maximum atomic E-state index is 12.2. The number of aromatic nitrogens is 2. The zero-order valence-corrected chi connectivity index (χ0v) is 13.9. The van der Waals surface area contributed by atoms with Crippen molar-refractivity contribution in [2.24, 2.45) is 7.05 Å². The Balaban J connectivity index is 1.96. The fourth-order valence-corrected chi connectivity index (χ4v) is 2.36. The average molecular weight is 317 g/mol. The number of benzene rings is 1. The summed E-state index contributed by atoms with van der Waals surface area (Å²) in [7, 11) is 3.41. The highest BCUT2D eigenvalue weighted by Gasteiger charge is 2.16. The monoisotopic (exact) mass is 317 g/mol. The second-order valence-corrected chi connectivity index (χ2v) is 5.73. The van der Waals surface area contributed by atoms with Crippen LogP contribution in [-0.2, 0) is 7.05 Å². The number of aliphatic hydroxyl groups is 1. The molecule has 1 aromatic heterocycles. The number of ether oxygens (including phenoxy) is 1. The van der Waals surface area contributed by atoms with Gasteiger partial charge >= 0.3 is 0 Å². The van der Waals surface area contributed by atoms with Crippen LogP contribution in [0.15, 0.2) is 30.3 Å². The van der Waals surface area contributed by atoms with Gasteiger partial charge in [0.2, 0.25) is 0 Å². The molecule has 2 aromatic rings. The summed E-state index contributed by atoms with van der Waals surface area (Å²) in [6, 6.07) is 8.86. The number of hydrogen-bond acceptors (Lipinski definition) is 4. The number of nitrogens with one attached hydrogen (secondary N) is 1. The van der Waals surface area contributed by atoms with Gasteiger partial charge in [0.1, 0.15) is 11.4 Å². The standard InChI is InChI=1S/C17H23N3O3/c1-11(2)15-9-14(19-20(15)3)17(22)18-10-16(21)12-5-7-13(23-4)8-6-12/h5-9,11,16,21H,10H2,1-4H3,(H,18,22). The number of aliphatic hydroxyl groups excluding tert-OH is 1. The van der Waals surface area contributed by atoms with Gasteiger partial charge in [0.25, 0.3) is 5.91 Å². The largest absolute Gasteiger partial charge is 0.497 e. The Morgan fingerprint density at radius 1 is 1.35 bits per heavy atom. The quantitative estimate of drug-likeness (QED) is 0.854. The third kappa shape index (κ3) is 4.10. The number of nitrogens with zero attached hydrogens (tertiary/aromatic N) is 2. The molecular weight excluding hydrogens is 294 g/mol. The summed E-state index contributed by atoms with van der Waals surface area (Å²) < 4.78 is 6.78. The van der Waals surface area contributed by atoms with Crippen LogP contribution in [0.4, 0.5) is 0 Å². The molecule has 0 aliphatic rings. The highest BCUT2D eigenvalue weighted by Crippen LogP contribution is 2.17. The summed E-state index contributed by atoms with van der Waals surface area (Å²) in [5.74, 6) is 0.721. The summed E-state index contributed by atoms with van der Waals surface area (Å²) in [6.07, 6.45) is -0.780. The van der Waals surface area contributed by atoms with Gasteiger partial charge in [-0.05, 0) is 29.7 Å². The van der Waals surface area contributed by atoms with Crippen LogP contribution in [0.3, 0.4) is 0 Å². The van der Waals surface area contributed by atoms with E-state index in [1.54, 1.807) is 42.1 Å². The molecule has 0 spiro atoms. The van der Waals surface area contributed by atoms with E-state index in [0.29, 0.717) is 11.6 Å². The Kier molecular flexibility index (Phi) is 5.39. The van der Waals surface area contributed by atoms with Gasteiger partial charge in [0.05, 0.1) is 13.2 Å². The van der Waals surface area contributed by atoms with Gasteiger partial charge in [-0.2, -0.15) is 5.10 Å². The lowest BCUT2D eigenvalue weighted by Gasteiger charge is -2.12. The summed E-state index contributed by atoms with van der Waals surface area (Å²) in [4.78, 5) is 12.2. The smallest absolute Gasteiger partial charge is 0.271 e. The van der Waals surface area contributed by atoms with Crippen LogP contribution in [-0.4, -0.2) is 34.4 Å². The molecule has 0 saturated carbocycles. The summed E-state index contributed by atoms with van der Waals surface area (Å²) in [5.41, 5.74) is 2.07. The normalized spacial score (nSPS) is 12.3. The number of amides is 1. The zero-order chi connectivity index (χ0) is 17.0. The Bertz CT molecular complexity index is 662. The summed E-state index contributed by atoms with van der Waals surface area (Å²) in [5, 5.41) is 17.1. The van der Waals surface area contributed by atoms with E-state index < -0.39 is 6.10 Å².